The number of ether oxygens (including phenoxy) is 1. The van der Waals surface area contributed by atoms with Crippen LogP contribution in [0, 0.1) is 17.8 Å². The van der Waals surface area contributed by atoms with Gasteiger partial charge in [0.05, 0.1) is 0 Å². The number of carbonyl (C=O) groups excluding carboxylic acids is 3. The molecule has 0 radical (unpaired) electrons. The van der Waals surface area contributed by atoms with Crippen molar-refractivity contribution in [1.29, 1.82) is 0 Å². The number of hydrogen-bond donors (Lipinski definition) is 1. The molecule has 0 aromatic carbocycles. The molecule has 0 spiro atoms. The van der Waals surface area contributed by atoms with Crippen molar-refractivity contribution >= 4 is 18.1 Å². The molecule has 0 aromatic rings. The molecule has 23 heavy (non-hydrogen) atoms. The molecule has 6 nitrogen and oxygen atoms in total. The Hall–Kier alpha value is -1.43. The average molecular weight is 324 g/mol. The second-order valence-corrected chi connectivity index (χ2v) is 7.06. The van der Waals surface area contributed by atoms with Gasteiger partial charge in [-0.1, -0.05) is 13.8 Å². The second kappa shape index (κ2) is 8.43. The van der Waals surface area contributed by atoms with E-state index >= 15 is 0 Å². The van der Waals surface area contributed by atoms with E-state index in [2.05, 4.69) is 5.32 Å². The van der Waals surface area contributed by atoms with Crippen molar-refractivity contribution in [1.82, 2.24) is 10.2 Å². The number of hydrogen-bond acceptors (Lipinski definition) is 4. The van der Waals surface area contributed by atoms with Crippen molar-refractivity contribution in [2.24, 2.45) is 17.8 Å². The zero-order valence-electron chi connectivity index (χ0n) is 14.1. The van der Waals surface area contributed by atoms with Crippen molar-refractivity contribution in [2.45, 2.75) is 45.6 Å². The minimum absolute atomic E-state index is 0.0979. The fraction of sp³-hybridized carbons (Fsp3) is 0.824. The molecule has 2 aliphatic rings. The highest BCUT2D eigenvalue weighted by Crippen LogP contribution is 2.27. The summed E-state index contributed by atoms with van der Waals surface area (Å²) < 4.78 is 5.33. The zero-order valence-corrected chi connectivity index (χ0v) is 14.1. The molecule has 1 saturated heterocycles. The number of nitrogens with zero attached hydrogens (tertiary/aromatic N) is 1. The van der Waals surface area contributed by atoms with Crippen LogP contribution in [-0.2, 0) is 19.1 Å². The van der Waals surface area contributed by atoms with Crippen LogP contribution in [0.15, 0.2) is 0 Å². The topological polar surface area (TPSA) is 75.7 Å². The summed E-state index contributed by atoms with van der Waals surface area (Å²) in [5.74, 6) is -0.306. The van der Waals surface area contributed by atoms with Crippen LogP contribution < -0.4 is 5.32 Å². The average Bonchev–Trinajstić information content (AvgIpc) is 3.36. The molecule has 1 atom stereocenters. The van der Waals surface area contributed by atoms with Crippen LogP contribution in [-0.4, -0.2) is 55.3 Å². The summed E-state index contributed by atoms with van der Waals surface area (Å²) in [6.45, 7) is 6.21. The van der Waals surface area contributed by atoms with Crippen molar-refractivity contribution < 1.29 is 19.1 Å². The second-order valence-electron chi connectivity index (χ2n) is 7.06. The minimum atomic E-state index is -0.686. The Morgan fingerprint density at radius 3 is 2.35 bits per heavy atom. The minimum Gasteiger partial charge on any atom is -0.381 e. The van der Waals surface area contributed by atoms with Gasteiger partial charge in [0.25, 0.3) is 5.91 Å². The highest BCUT2D eigenvalue weighted by molar-refractivity contribution is 6.38. The molecule has 130 valence electrons. The number of amides is 2. The molecule has 1 saturated carbocycles. The lowest BCUT2D eigenvalue weighted by molar-refractivity contribution is -0.144. The molecule has 2 fully saturated rings. The summed E-state index contributed by atoms with van der Waals surface area (Å²) in [6.07, 6.45) is 4.72. The van der Waals surface area contributed by atoms with Crippen molar-refractivity contribution in [2.75, 3.05) is 26.3 Å². The number of Topliss-reactive ketones (excluding diaryl/α,β-unsaturated/α-hetero) is 1. The van der Waals surface area contributed by atoms with E-state index in [4.69, 9.17) is 4.74 Å². The molecule has 0 bridgehead atoms. The van der Waals surface area contributed by atoms with Crippen LogP contribution in [0.1, 0.15) is 39.5 Å². The van der Waals surface area contributed by atoms with Crippen LogP contribution in [0.4, 0.5) is 0 Å². The van der Waals surface area contributed by atoms with Crippen LogP contribution in [0.5, 0.6) is 0 Å². The highest BCUT2D eigenvalue weighted by atomic mass is 16.5. The van der Waals surface area contributed by atoms with Gasteiger partial charge in [-0.05, 0) is 43.4 Å². The first-order valence-corrected chi connectivity index (χ1v) is 8.63. The molecule has 2 amide bonds. The van der Waals surface area contributed by atoms with E-state index in [1.807, 2.05) is 13.8 Å². The summed E-state index contributed by atoms with van der Waals surface area (Å²) in [6, 6.07) is -0.686. The van der Waals surface area contributed by atoms with E-state index in [0.29, 0.717) is 44.5 Å². The smallest absolute Gasteiger partial charge is 0.289 e. The predicted molar refractivity (Wildman–Crippen MR) is 85.7 cm³/mol. The Balaban J connectivity index is 1.96. The maximum Gasteiger partial charge on any atom is 0.289 e. The van der Waals surface area contributed by atoms with E-state index in [9.17, 15) is 14.4 Å². The number of rotatable bonds is 9. The summed E-state index contributed by atoms with van der Waals surface area (Å²) in [5, 5.41) is 2.71. The van der Waals surface area contributed by atoms with E-state index < -0.39 is 17.7 Å². The SMILES string of the molecule is CC(C)C(C(=O)C(=O)NCC1CC1)N(C=O)CC1CCOCC1. The summed E-state index contributed by atoms with van der Waals surface area (Å²) in [5.41, 5.74) is 0. The first kappa shape index (κ1) is 17.9. The molecule has 1 N–H and O–H groups in total. The van der Waals surface area contributed by atoms with Gasteiger partial charge in [-0.15, -0.1) is 0 Å². The van der Waals surface area contributed by atoms with Gasteiger partial charge in [0.2, 0.25) is 12.2 Å². The first-order chi connectivity index (χ1) is 11.0. The lowest BCUT2D eigenvalue weighted by atomic mass is 9.94. The fourth-order valence-electron chi connectivity index (χ4n) is 3.07. The highest BCUT2D eigenvalue weighted by Gasteiger charge is 2.34. The van der Waals surface area contributed by atoms with E-state index in [-0.39, 0.29) is 5.92 Å². The molecule has 2 rings (SSSR count). The van der Waals surface area contributed by atoms with E-state index in [1.165, 1.54) is 4.90 Å². The molecule has 1 aliphatic carbocycles. The van der Waals surface area contributed by atoms with Gasteiger partial charge in [-0.3, -0.25) is 14.4 Å². The maximum atomic E-state index is 12.5. The molecule has 1 heterocycles. The summed E-state index contributed by atoms with van der Waals surface area (Å²) in [7, 11) is 0. The van der Waals surface area contributed by atoms with Crippen molar-refractivity contribution in [3.8, 4) is 0 Å². The lowest BCUT2D eigenvalue weighted by Crippen LogP contribution is -2.51. The van der Waals surface area contributed by atoms with Gasteiger partial charge in [-0.2, -0.15) is 0 Å². The number of ketones is 1. The third kappa shape index (κ3) is 5.30. The monoisotopic (exact) mass is 324 g/mol. The third-order valence-corrected chi connectivity index (χ3v) is 4.67. The van der Waals surface area contributed by atoms with Crippen molar-refractivity contribution in [3.05, 3.63) is 0 Å². The quantitative estimate of drug-likeness (QED) is 0.507. The Kier molecular flexibility index (Phi) is 6.57. The normalized spacial score (nSPS) is 20.1. The largest absolute Gasteiger partial charge is 0.381 e. The Morgan fingerprint density at radius 2 is 1.83 bits per heavy atom. The molecule has 1 aliphatic heterocycles. The lowest BCUT2D eigenvalue weighted by Gasteiger charge is -2.33. The maximum absolute atomic E-state index is 12.5. The van der Waals surface area contributed by atoms with Gasteiger partial charge in [-0.25, -0.2) is 0 Å². The number of nitrogens with one attached hydrogen (secondary N) is 1. The molecule has 6 heteroatoms. The molecular formula is C17H28N2O4. The Labute approximate surface area is 137 Å². The van der Waals surface area contributed by atoms with Gasteiger partial charge >= 0.3 is 0 Å². The van der Waals surface area contributed by atoms with Crippen molar-refractivity contribution in [3.63, 3.8) is 0 Å². The zero-order chi connectivity index (χ0) is 16.8. The summed E-state index contributed by atoms with van der Waals surface area (Å²) >= 11 is 0. The summed E-state index contributed by atoms with van der Waals surface area (Å²) in [4.78, 5) is 37.7. The van der Waals surface area contributed by atoms with Gasteiger partial charge in [0, 0.05) is 26.3 Å². The van der Waals surface area contributed by atoms with Gasteiger partial charge < -0.3 is 15.0 Å². The van der Waals surface area contributed by atoms with E-state index in [1.54, 1.807) is 0 Å². The van der Waals surface area contributed by atoms with E-state index in [0.717, 1.165) is 25.7 Å². The van der Waals surface area contributed by atoms with Gasteiger partial charge in [0.1, 0.15) is 6.04 Å². The predicted octanol–water partition coefficient (Wildman–Crippen LogP) is 0.991. The molecular weight excluding hydrogens is 296 g/mol. The Bertz CT molecular complexity index is 428. The third-order valence-electron chi connectivity index (χ3n) is 4.67. The molecule has 1 unspecified atom stereocenters. The number of carbonyl (C=O) groups is 3. The van der Waals surface area contributed by atoms with Crippen LogP contribution in [0.2, 0.25) is 0 Å². The standard InChI is InChI=1S/C17H28N2O4/c1-12(2)15(16(21)17(22)18-9-13-3-4-13)19(11-20)10-14-5-7-23-8-6-14/h11-15H,3-10H2,1-2H3,(H,18,22). The van der Waals surface area contributed by atoms with Gasteiger partial charge in [0.15, 0.2) is 0 Å². The van der Waals surface area contributed by atoms with Crippen LogP contribution >= 0.6 is 0 Å². The van der Waals surface area contributed by atoms with Crippen LogP contribution in [0.25, 0.3) is 0 Å². The fourth-order valence-corrected chi connectivity index (χ4v) is 3.07. The first-order valence-electron chi connectivity index (χ1n) is 8.63. The Morgan fingerprint density at radius 1 is 1.17 bits per heavy atom. The molecule has 0 aromatic heterocycles. The van der Waals surface area contributed by atoms with Crippen LogP contribution in [0.3, 0.4) is 0 Å².